The van der Waals surface area contributed by atoms with Crippen LogP contribution in [0.1, 0.15) is 16.7 Å². The van der Waals surface area contributed by atoms with Crippen LogP contribution < -0.4 is 0 Å². The summed E-state index contributed by atoms with van der Waals surface area (Å²) in [6.45, 7) is 0. The average Bonchev–Trinajstić information content (AvgIpc) is 2.42. The first-order valence-electron chi connectivity index (χ1n) is 6.10. The van der Waals surface area contributed by atoms with Gasteiger partial charge in [0.2, 0.25) is 0 Å². The van der Waals surface area contributed by atoms with E-state index in [9.17, 15) is 27.7 Å². The van der Waals surface area contributed by atoms with Crippen LogP contribution in [0.15, 0.2) is 40.1 Å². The van der Waals surface area contributed by atoms with Gasteiger partial charge in [0.15, 0.2) is 0 Å². The molecule has 2 aromatic carbocycles. The maximum absolute atomic E-state index is 13.3. The number of benzene rings is 2. The van der Waals surface area contributed by atoms with Gasteiger partial charge in [0, 0.05) is 27.8 Å². The first-order chi connectivity index (χ1) is 10.3. The van der Waals surface area contributed by atoms with Gasteiger partial charge in [-0.2, -0.15) is 13.2 Å². The largest absolute Gasteiger partial charge is 0.416 e. The third-order valence-corrected chi connectivity index (χ3v) is 4.52. The van der Waals surface area contributed by atoms with Gasteiger partial charge < -0.3 is 0 Å². The Morgan fingerprint density at radius 3 is 2.50 bits per heavy atom. The number of fused-ring (bicyclic) bond motifs is 2. The van der Waals surface area contributed by atoms with Crippen molar-refractivity contribution < 1.29 is 22.5 Å². The van der Waals surface area contributed by atoms with Gasteiger partial charge in [-0.05, 0) is 29.8 Å². The summed E-state index contributed by atoms with van der Waals surface area (Å²) in [6.07, 6.45) is -4.63. The molecule has 1 aliphatic rings. The summed E-state index contributed by atoms with van der Waals surface area (Å²) in [5, 5.41) is 11.1. The molecule has 0 bridgehead atoms. The number of rotatable bonds is 1. The summed E-state index contributed by atoms with van der Waals surface area (Å²) in [5.74, 6) is -0.489. The van der Waals surface area contributed by atoms with E-state index in [1.54, 1.807) is 0 Å². The van der Waals surface area contributed by atoms with Crippen LogP contribution in [0.3, 0.4) is 0 Å². The van der Waals surface area contributed by atoms with Gasteiger partial charge in [0.1, 0.15) is 5.82 Å². The quantitative estimate of drug-likeness (QED) is 0.366. The second-order valence-electron chi connectivity index (χ2n) is 4.76. The number of alkyl halides is 3. The molecule has 2 aromatic rings. The molecule has 8 heteroatoms. The fourth-order valence-electron chi connectivity index (χ4n) is 2.32. The maximum atomic E-state index is 13.3. The molecule has 0 aromatic heterocycles. The first-order valence-corrected chi connectivity index (χ1v) is 6.92. The average molecular weight is 329 g/mol. The molecule has 22 heavy (non-hydrogen) atoms. The van der Waals surface area contributed by atoms with Crippen LogP contribution in [0.4, 0.5) is 23.2 Å². The second-order valence-corrected chi connectivity index (χ2v) is 5.84. The predicted molar refractivity (Wildman–Crippen MR) is 71.4 cm³/mol. The van der Waals surface area contributed by atoms with Crippen molar-refractivity contribution >= 4 is 17.4 Å². The topological polar surface area (TPSA) is 43.1 Å². The minimum absolute atomic E-state index is 0.0316. The molecule has 0 aliphatic carbocycles. The van der Waals surface area contributed by atoms with E-state index in [0.29, 0.717) is 16.5 Å². The molecule has 0 saturated carbocycles. The van der Waals surface area contributed by atoms with Crippen LogP contribution in [0, 0.1) is 15.9 Å². The molecule has 114 valence electrons. The van der Waals surface area contributed by atoms with Crippen molar-refractivity contribution in [3.63, 3.8) is 0 Å². The van der Waals surface area contributed by atoms with Crippen molar-refractivity contribution in [2.45, 2.75) is 22.4 Å². The van der Waals surface area contributed by atoms with E-state index in [0.717, 1.165) is 17.8 Å². The van der Waals surface area contributed by atoms with Gasteiger partial charge in [0.05, 0.1) is 10.5 Å². The van der Waals surface area contributed by atoms with Crippen molar-refractivity contribution in [2.24, 2.45) is 0 Å². The standard InChI is InChI=1S/C14H7F4NO2S/c15-9-1-2-12-7(3-9)4-10-11(19(20)21)5-8(14(16,17)18)6-13(10)22-12/h1-3,5-6H,4H2. The Labute approximate surface area is 126 Å². The van der Waals surface area contributed by atoms with Crippen LogP contribution in [0.2, 0.25) is 0 Å². The fourth-order valence-corrected chi connectivity index (χ4v) is 3.44. The van der Waals surface area contributed by atoms with Crippen LogP contribution >= 0.6 is 11.8 Å². The summed E-state index contributed by atoms with van der Waals surface area (Å²) >= 11 is 0.982. The van der Waals surface area contributed by atoms with Gasteiger partial charge in [-0.3, -0.25) is 10.1 Å². The maximum Gasteiger partial charge on any atom is 0.416 e. The minimum Gasteiger partial charge on any atom is -0.258 e. The molecule has 0 fully saturated rings. The van der Waals surface area contributed by atoms with Crippen molar-refractivity contribution in [2.75, 3.05) is 0 Å². The molecular weight excluding hydrogens is 322 g/mol. The zero-order chi connectivity index (χ0) is 16.1. The molecule has 0 atom stereocenters. The Balaban J connectivity index is 2.18. The number of nitro benzene ring substituents is 1. The summed E-state index contributed by atoms with van der Waals surface area (Å²) in [6, 6.07) is 5.35. The van der Waals surface area contributed by atoms with E-state index in [-0.39, 0.29) is 16.9 Å². The molecule has 0 N–H and O–H groups in total. The highest BCUT2D eigenvalue weighted by Crippen LogP contribution is 2.45. The molecule has 0 radical (unpaired) electrons. The SMILES string of the molecule is O=[N+]([O-])c1cc(C(F)(F)F)cc2c1Cc1cc(F)ccc1S2. The number of nitrogens with zero attached hydrogens (tertiary/aromatic N) is 1. The molecule has 1 heterocycles. The van der Waals surface area contributed by atoms with Crippen molar-refractivity contribution in [3.8, 4) is 0 Å². The van der Waals surface area contributed by atoms with E-state index >= 15 is 0 Å². The third kappa shape index (κ3) is 2.54. The number of hydrogen-bond donors (Lipinski definition) is 0. The summed E-state index contributed by atoms with van der Waals surface area (Å²) < 4.78 is 51.9. The number of halogens is 4. The third-order valence-electron chi connectivity index (χ3n) is 3.32. The van der Waals surface area contributed by atoms with E-state index in [1.165, 1.54) is 18.2 Å². The lowest BCUT2D eigenvalue weighted by Gasteiger charge is -2.20. The zero-order valence-corrected chi connectivity index (χ0v) is 11.6. The Morgan fingerprint density at radius 2 is 1.86 bits per heavy atom. The van der Waals surface area contributed by atoms with E-state index in [1.807, 2.05) is 0 Å². The van der Waals surface area contributed by atoms with E-state index in [2.05, 4.69) is 0 Å². The Hall–Kier alpha value is -2.09. The zero-order valence-electron chi connectivity index (χ0n) is 10.8. The van der Waals surface area contributed by atoms with E-state index in [4.69, 9.17) is 0 Å². The molecular formula is C14H7F4NO2S. The number of hydrogen-bond acceptors (Lipinski definition) is 3. The Kier molecular flexibility index (Phi) is 3.36. The summed E-state index contributed by atoms with van der Waals surface area (Å²) in [4.78, 5) is 11.0. The van der Waals surface area contributed by atoms with Crippen LogP contribution in [-0.2, 0) is 12.6 Å². The highest BCUT2D eigenvalue weighted by molar-refractivity contribution is 7.99. The predicted octanol–water partition coefficient (Wildman–Crippen LogP) is 4.81. The van der Waals surface area contributed by atoms with Crippen LogP contribution in [-0.4, -0.2) is 4.92 Å². The monoisotopic (exact) mass is 329 g/mol. The fraction of sp³-hybridized carbons (Fsp3) is 0.143. The van der Waals surface area contributed by atoms with Gasteiger partial charge in [-0.25, -0.2) is 4.39 Å². The van der Waals surface area contributed by atoms with Crippen LogP contribution in [0.25, 0.3) is 0 Å². The van der Waals surface area contributed by atoms with Gasteiger partial charge >= 0.3 is 6.18 Å². The molecule has 3 nitrogen and oxygen atoms in total. The lowest BCUT2D eigenvalue weighted by molar-refractivity contribution is -0.386. The smallest absolute Gasteiger partial charge is 0.258 e. The van der Waals surface area contributed by atoms with Gasteiger partial charge in [-0.1, -0.05) is 11.8 Å². The van der Waals surface area contributed by atoms with Crippen molar-refractivity contribution in [3.05, 3.63) is 63.0 Å². The molecule has 0 saturated heterocycles. The number of nitro groups is 1. The van der Waals surface area contributed by atoms with Crippen LogP contribution in [0.5, 0.6) is 0 Å². The Morgan fingerprint density at radius 1 is 1.14 bits per heavy atom. The normalized spacial score (nSPS) is 13.5. The highest BCUT2D eigenvalue weighted by Gasteiger charge is 2.35. The highest BCUT2D eigenvalue weighted by atomic mass is 32.2. The molecule has 3 rings (SSSR count). The molecule has 0 amide bonds. The molecule has 1 aliphatic heterocycles. The second kappa shape index (κ2) is 4.98. The van der Waals surface area contributed by atoms with Crippen molar-refractivity contribution in [1.82, 2.24) is 0 Å². The summed E-state index contributed by atoms with van der Waals surface area (Å²) in [7, 11) is 0. The van der Waals surface area contributed by atoms with Crippen molar-refractivity contribution in [1.29, 1.82) is 0 Å². The van der Waals surface area contributed by atoms with Gasteiger partial charge in [0.25, 0.3) is 5.69 Å². The van der Waals surface area contributed by atoms with E-state index < -0.39 is 28.2 Å². The molecule has 0 unspecified atom stereocenters. The lowest BCUT2D eigenvalue weighted by Crippen LogP contribution is -2.10. The van der Waals surface area contributed by atoms with Gasteiger partial charge in [-0.15, -0.1) is 0 Å². The first kappa shape index (κ1) is 14.8. The lowest BCUT2D eigenvalue weighted by atomic mass is 10.00. The Bertz CT molecular complexity index is 789. The minimum atomic E-state index is -4.66. The summed E-state index contributed by atoms with van der Waals surface area (Å²) in [5.41, 5.74) is -0.940. The molecule has 0 spiro atoms.